The van der Waals surface area contributed by atoms with Crippen molar-refractivity contribution >= 4 is 27.0 Å². The van der Waals surface area contributed by atoms with Gasteiger partial charge in [0.1, 0.15) is 0 Å². The summed E-state index contributed by atoms with van der Waals surface area (Å²) in [6.07, 6.45) is 1.84. The van der Waals surface area contributed by atoms with E-state index in [0.717, 1.165) is 24.2 Å². The second-order valence-corrected chi connectivity index (χ2v) is 5.54. The average molecular weight is 267 g/mol. The van der Waals surface area contributed by atoms with Crippen LogP contribution in [0.1, 0.15) is 5.56 Å². The number of aryl methyl sites for hydroxylation is 1. The topological polar surface area (TPSA) is 27.1 Å². The lowest BCUT2D eigenvalue weighted by molar-refractivity contribution is -0.00693. The Labute approximate surface area is 96.2 Å². The largest absolute Gasteiger partial charge is 0.378 e. The fourth-order valence-corrected chi connectivity index (χ4v) is 2.43. The summed E-state index contributed by atoms with van der Waals surface area (Å²) < 4.78 is 7.27. The second-order valence-electron chi connectivity index (χ2n) is 4.02. The van der Waals surface area contributed by atoms with Crippen molar-refractivity contribution in [2.24, 2.45) is 7.05 Å². The van der Waals surface area contributed by atoms with Crippen LogP contribution in [0.15, 0.2) is 24.5 Å². The van der Waals surface area contributed by atoms with Gasteiger partial charge in [0.2, 0.25) is 0 Å². The van der Waals surface area contributed by atoms with E-state index < -0.39 is 0 Å². The van der Waals surface area contributed by atoms with Crippen molar-refractivity contribution in [1.29, 1.82) is 0 Å². The fourth-order valence-electron chi connectivity index (χ4n) is 1.86. The van der Waals surface area contributed by atoms with E-state index in [1.54, 1.807) is 0 Å². The maximum Gasteiger partial charge on any atom is 0.0972 e. The minimum absolute atomic E-state index is 0.0126. The zero-order valence-corrected chi connectivity index (χ0v) is 9.99. The molecule has 0 N–H and O–H groups in total. The van der Waals surface area contributed by atoms with Crippen LogP contribution in [0, 0.1) is 0 Å². The molecule has 3 nitrogen and oxygen atoms in total. The summed E-state index contributed by atoms with van der Waals surface area (Å²) in [7, 11) is 2.01. The Bertz CT molecular complexity index is 516. The average Bonchev–Trinajstić information content (AvgIpc) is 2.56. The molecule has 78 valence electrons. The molecule has 0 amide bonds. The number of imidazole rings is 1. The molecule has 0 saturated carbocycles. The molecule has 0 unspecified atom stereocenters. The third kappa shape index (κ3) is 1.32. The van der Waals surface area contributed by atoms with Crippen LogP contribution >= 0.6 is 15.9 Å². The molecule has 1 aliphatic rings. The van der Waals surface area contributed by atoms with Gasteiger partial charge in [0, 0.05) is 7.05 Å². The van der Waals surface area contributed by atoms with Crippen molar-refractivity contribution in [3.63, 3.8) is 0 Å². The molecule has 15 heavy (non-hydrogen) atoms. The normalized spacial score (nSPS) is 19.1. The van der Waals surface area contributed by atoms with Crippen molar-refractivity contribution in [2.75, 3.05) is 13.2 Å². The predicted octanol–water partition coefficient (Wildman–Crippen LogP) is 2.19. The number of hydrogen-bond donors (Lipinski definition) is 0. The smallest absolute Gasteiger partial charge is 0.0972 e. The van der Waals surface area contributed by atoms with Crippen molar-refractivity contribution in [1.82, 2.24) is 9.55 Å². The molecule has 2 heterocycles. The van der Waals surface area contributed by atoms with E-state index in [-0.39, 0.29) is 4.32 Å². The van der Waals surface area contributed by atoms with Crippen LogP contribution in [-0.2, 0) is 16.1 Å². The zero-order chi connectivity index (χ0) is 10.5. The van der Waals surface area contributed by atoms with Crippen molar-refractivity contribution in [2.45, 2.75) is 4.32 Å². The summed E-state index contributed by atoms with van der Waals surface area (Å²) in [4.78, 5) is 4.35. The van der Waals surface area contributed by atoms with E-state index in [1.165, 1.54) is 5.56 Å². The highest BCUT2D eigenvalue weighted by atomic mass is 79.9. The first kappa shape index (κ1) is 9.36. The number of halogens is 1. The lowest BCUT2D eigenvalue weighted by atomic mass is 9.97. The maximum atomic E-state index is 5.24. The highest BCUT2D eigenvalue weighted by molar-refractivity contribution is 9.09. The van der Waals surface area contributed by atoms with Gasteiger partial charge >= 0.3 is 0 Å². The Morgan fingerprint density at radius 2 is 2.27 bits per heavy atom. The molecular weight excluding hydrogens is 256 g/mol. The van der Waals surface area contributed by atoms with Crippen LogP contribution in [0.2, 0.25) is 0 Å². The first-order chi connectivity index (χ1) is 7.19. The molecule has 0 bridgehead atoms. The van der Waals surface area contributed by atoms with Crippen LogP contribution in [0.5, 0.6) is 0 Å². The summed E-state index contributed by atoms with van der Waals surface area (Å²) in [5, 5.41) is 0. The number of fused-ring (bicyclic) bond motifs is 1. The molecule has 2 aromatic rings. The van der Waals surface area contributed by atoms with E-state index in [0.29, 0.717) is 0 Å². The molecule has 1 saturated heterocycles. The Balaban J connectivity index is 2.14. The molecule has 0 atom stereocenters. The minimum Gasteiger partial charge on any atom is -0.378 e. The summed E-state index contributed by atoms with van der Waals surface area (Å²) in [6.45, 7) is 1.48. The van der Waals surface area contributed by atoms with Crippen molar-refractivity contribution in [3.05, 3.63) is 30.1 Å². The first-order valence-electron chi connectivity index (χ1n) is 4.87. The molecule has 1 aromatic carbocycles. The molecule has 1 aliphatic heterocycles. The molecule has 4 heteroatoms. The number of hydrogen-bond acceptors (Lipinski definition) is 2. The number of rotatable bonds is 1. The Morgan fingerprint density at radius 1 is 1.47 bits per heavy atom. The molecule has 0 aliphatic carbocycles. The van der Waals surface area contributed by atoms with Crippen LogP contribution in [0.3, 0.4) is 0 Å². The minimum atomic E-state index is 0.0126. The van der Waals surface area contributed by atoms with Crippen LogP contribution in [0.25, 0.3) is 11.0 Å². The highest BCUT2D eigenvalue weighted by Crippen LogP contribution is 2.39. The van der Waals surface area contributed by atoms with Gasteiger partial charge in [-0.2, -0.15) is 0 Å². The number of benzene rings is 1. The van der Waals surface area contributed by atoms with Gasteiger partial charge in [-0.25, -0.2) is 4.98 Å². The van der Waals surface area contributed by atoms with E-state index in [4.69, 9.17) is 4.74 Å². The molecule has 3 rings (SSSR count). The van der Waals surface area contributed by atoms with Crippen LogP contribution in [-0.4, -0.2) is 22.8 Å². The SMILES string of the molecule is Cn1cnc2cc(C3(Br)COC3)ccc21. The lowest BCUT2D eigenvalue weighted by Gasteiger charge is -2.36. The third-order valence-corrected chi connectivity index (χ3v) is 3.82. The Kier molecular flexibility index (Phi) is 1.91. The molecular formula is C11H11BrN2O. The molecule has 0 radical (unpaired) electrons. The number of alkyl halides is 1. The third-order valence-electron chi connectivity index (χ3n) is 2.90. The van der Waals surface area contributed by atoms with E-state index in [9.17, 15) is 0 Å². The van der Waals surface area contributed by atoms with Gasteiger partial charge < -0.3 is 9.30 Å². The van der Waals surface area contributed by atoms with E-state index >= 15 is 0 Å². The van der Waals surface area contributed by atoms with E-state index in [1.807, 2.05) is 17.9 Å². The van der Waals surface area contributed by atoms with E-state index in [2.05, 4.69) is 39.1 Å². The summed E-state index contributed by atoms with van der Waals surface area (Å²) >= 11 is 3.71. The van der Waals surface area contributed by atoms with Crippen LogP contribution < -0.4 is 0 Å². The van der Waals surface area contributed by atoms with Gasteiger partial charge in [-0.3, -0.25) is 0 Å². The van der Waals surface area contributed by atoms with Gasteiger partial charge in [-0.15, -0.1) is 0 Å². The summed E-state index contributed by atoms with van der Waals surface area (Å²) in [5.41, 5.74) is 3.45. The summed E-state index contributed by atoms with van der Waals surface area (Å²) in [6, 6.07) is 6.38. The second kappa shape index (κ2) is 3.06. The molecule has 1 aromatic heterocycles. The quantitative estimate of drug-likeness (QED) is 0.740. The molecule has 0 spiro atoms. The monoisotopic (exact) mass is 266 g/mol. The summed E-state index contributed by atoms with van der Waals surface area (Å²) in [5.74, 6) is 0. The van der Waals surface area contributed by atoms with Gasteiger partial charge in [-0.05, 0) is 17.7 Å². The first-order valence-corrected chi connectivity index (χ1v) is 5.67. The Hall–Kier alpha value is -0.870. The van der Waals surface area contributed by atoms with Gasteiger partial charge in [0.15, 0.2) is 0 Å². The highest BCUT2D eigenvalue weighted by Gasteiger charge is 2.37. The number of aromatic nitrogens is 2. The van der Waals surface area contributed by atoms with Crippen molar-refractivity contribution in [3.8, 4) is 0 Å². The fraction of sp³-hybridized carbons (Fsp3) is 0.364. The number of nitrogens with zero attached hydrogens (tertiary/aromatic N) is 2. The van der Waals surface area contributed by atoms with Crippen molar-refractivity contribution < 1.29 is 4.74 Å². The lowest BCUT2D eigenvalue weighted by Crippen LogP contribution is -2.40. The number of ether oxygens (including phenoxy) is 1. The molecule has 1 fully saturated rings. The predicted molar refractivity (Wildman–Crippen MR) is 62.1 cm³/mol. The van der Waals surface area contributed by atoms with Gasteiger partial charge in [-0.1, -0.05) is 22.0 Å². The Morgan fingerprint density at radius 3 is 2.93 bits per heavy atom. The standard InChI is InChI=1S/C11H11BrN2O/c1-14-7-13-9-4-8(2-3-10(9)14)11(12)5-15-6-11/h2-4,7H,5-6H2,1H3. The zero-order valence-electron chi connectivity index (χ0n) is 8.40. The van der Waals surface area contributed by atoms with Gasteiger partial charge in [0.05, 0.1) is 34.9 Å². The van der Waals surface area contributed by atoms with Gasteiger partial charge in [0.25, 0.3) is 0 Å². The maximum absolute atomic E-state index is 5.24. The van der Waals surface area contributed by atoms with Crippen LogP contribution in [0.4, 0.5) is 0 Å².